The maximum absolute atomic E-state index is 9.15. The van der Waals surface area contributed by atoms with Crippen molar-refractivity contribution in [2.24, 2.45) is 0 Å². The van der Waals surface area contributed by atoms with Crippen molar-refractivity contribution in [2.45, 2.75) is 20.0 Å². The van der Waals surface area contributed by atoms with E-state index in [1.165, 1.54) is 0 Å². The molecule has 0 saturated heterocycles. The van der Waals surface area contributed by atoms with Gasteiger partial charge in [0.15, 0.2) is 0 Å². The Kier molecular flexibility index (Phi) is 5.85. The quantitative estimate of drug-likeness (QED) is 0.844. The molecule has 0 heterocycles. The zero-order valence-corrected chi connectivity index (χ0v) is 12.8. The first-order chi connectivity index (χ1) is 10.2. The molecule has 0 aliphatic rings. The van der Waals surface area contributed by atoms with Gasteiger partial charge in [-0.2, -0.15) is 0 Å². The summed E-state index contributed by atoms with van der Waals surface area (Å²) in [6.45, 7) is 2.44. The third-order valence-corrected chi connectivity index (χ3v) is 3.62. The Morgan fingerprint density at radius 2 is 1.71 bits per heavy atom. The Bertz CT molecular complexity index is 588. The van der Waals surface area contributed by atoms with E-state index in [1.807, 2.05) is 61.5 Å². The lowest BCUT2D eigenvalue weighted by Gasteiger charge is -2.10. The molecule has 0 fully saturated rings. The van der Waals surface area contributed by atoms with Crippen molar-refractivity contribution < 1.29 is 9.84 Å². The number of hydrogen-bond donors (Lipinski definition) is 1. The summed E-state index contributed by atoms with van der Waals surface area (Å²) in [5.41, 5.74) is 3.12. The first kappa shape index (κ1) is 15.6. The van der Waals surface area contributed by atoms with Crippen LogP contribution in [-0.4, -0.2) is 11.7 Å². The molecule has 0 atom stereocenters. The van der Waals surface area contributed by atoms with E-state index in [0.29, 0.717) is 11.6 Å². The van der Waals surface area contributed by atoms with Gasteiger partial charge in [-0.3, -0.25) is 0 Å². The largest absolute Gasteiger partial charge is 0.489 e. The van der Waals surface area contributed by atoms with Crippen LogP contribution in [0.3, 0.4) is 0 Å². The van der Waals surface area contributed by atoms with Gasteiger partial charge in [-0.25, -0.2) is 0 Å². The van der Waals surface area contributed by atoms with Gasteiger partial charge in [0.1, 0.15) is 12.4 Å². The molecule has 2 aromatic rings. The number of allylic oxidation sites excluding steroid dienone is 1. The van der Waals surface area contributed by atoms with Crippen LogP contribution in [0, 0.1) is 0 Å². The summed E-state index contributed by atoms with van der Waals surface area (Å²) in [6.07, 6.45) is 0.781. The molecule has 0 unspecified atom stereocenters. The fraction of sp³-hybridized carbons (Fsp3) is 0.222. The number of rotatable bonds is 6. The molecule has 0 bridgehead atoms. The average Bonchev–Trinajstić information content (AvgIpc) is 2.55. The summed E-state index contributed by atoms with van der Waals surface area (Å²) < 4.78 is 5.75. The molecule has 21 heavy (non-hydrogen) atoms. The molecular formula is C18H19ClO2. The van der Waals surface area contributed by atoms with Gasteiger partial charge in [-0.1, -0.05) is 61.0 Å². The van der Waals surface area contributed by atoms with Crippen molar-refractivity contribution in [1.29, 1.82) is 0 Å². The number of hydrogen-bond acceptors (Lipinski definition) is 2. The van der Waals surface area contributed by atoms with Crippen molar-refractivity contribution in [3.8, 4) is 5.75 Å². The van der Waals surface area contributed by atoms with Crippen LogP contribution in [0.25, 0.3) is 5.57 Å². The number of benzene rings is 2. The lowest BCUT2D eigenvalue weighted by molar-refractivity contribution is 0.306. The third-order valence-electron chi connectivity index (χ3n) is 3.27. The van der Waals surface area contributed by atoms with E-state index in [9.17, 15) is 0 Å². The second-order valence-corrected chi connectivity index (χ2v) is 5.15. The van der Waals surface area contributed by atoms with Gasteiger partial charge < -0.3 is 9.84 Å². The lowest BCUT2D eigenvalue weighted by atomic mass is 10.0. The maximum Gasteiger partial charge on any atom is 0.119 e. The zero-order valence-electron chi connectivity index (χ0n) is 12.1. The highest BCUT2D eigenvalue weighted by Gasteiger charge is 2.05. The number of aliphatic hydroxyl groups excluding tert-OH is 1. The Labute approximate surface area is 130 Å². The third kappa shape index (κ3) is 4.35. The van der Waals surface area contributed by atoms with E-state index in [4.69, 9.17) is 21.4 Å². The van der Waals surface area contributed by atoms with Gasteiger partial charge in [0.2, 0.25) is 0 Å². The van der Waals surface area contributed by atoms with Crippen molar-refractivity contribution in [1.82, 2.24) is 0 Å². The van der Waals surface area contributed by atoms with Gasteiger partial charge in [-0.15, -0.1) is 0 Å². The zero-order chi connectivity index (χ0) is 15.1. The molecule has 0 spiro atoms. The van der Waals surface area contributed by atoms with E-state index in [2.05, 4.69) is 0 Å². The molecule has 0 radical (unpaired) electrons. The molecule has 0 aromatic heterocycles. The molecular weight excluding hydrogens is 284 g/mol. The van der Waals surface area contributed by atoms with Crippen molar-refractivity contribution in [3.63, 3.8) is 0 Å². The molecule has 1 N–H and O–H groups in total. The first-order valence-corrected chi connectivity index (χ1v) is 7.38. The smallest absolute Gasteiger partial charge is 0.119 e. The second kappa shape index (κ2) is 7.87. The van der Waals surface area contributed by atoms with E-state index in [1.54, 1.807) is 0 Å². The van der Waals surface area contributed by atoms with Gasteiger partial charge in [0.25, 0.3) is 0 Å². The van der Waals surface area contributed by atoms with Crippen LogP contribution in [-0.2, 0) is 6.61 Å². The maximum atomic E-state index is 9.15. The van der Waals surface area contributed by atoms with E-state index in [-0.39, 0.29) is 6.61 Å². The summed E-state index contributed by atoms with van der Waals surface area (Å²) in [7, 11) is 0. The fourth-order valence-corrected chi connectivity index (χ4v) is 2.38. The fourth-order valence-electron chi connectivity index (χ4n) is 2.14. The Balaban J connectivity index is 2.05. The molecule has 2 rings (SSSR count). The first-order valence-electron chi connectivity index (χ1n) is 7.00. The van der Waals surface area contributed by atoms with Crippen LogP contribution in [0.15, 0.2) is 59.6 Å². The monoisotopic (exact) mass is 302 g/mol. The summed E-state index contributed by atoms with van der Waals surface area (Å²) in [5, 5.41) is 9.64. The highest BCUT2D eigenvalue weighted by Crippen LogP contribution is 2.26. The van der Waals surface area contributed by atoms with E-state index < -0.39 is 0 Å². The van der Waals surface area contributed by atoms with Crippen LogP contribution < -0.4 is 4.74 Å². The number of aliphatic hydroxyl groups is 1. The summed E-state index contributed by atoms with van der Waals surface area (Å²) in [4.78, 5) is 0. The highest BCUT2D eigenvalue weighted by atomic mass is 35.5. The number of halogens is 1. The molecule has 0 amide bonds. The van der Waals surface area contributed by atoms with Gasteiger partial charge >= 0.3 is 0 Å². The SMILES string of the molecule is CC/C(=C(\Cl)CO)c1ccc(OCc2ccccc2)cc1. The topological polar surface area (TPSA) is 29.5 Å². The molecule has 0 aliphatic carbocycles. The molecule has 3 heteroatoms. The lowest BCUT2D eigenvalue weighted by Crippen LogP contribution is -1.95. The Morgan fingerprint density at radius 3 is 2.29 bits per heavy atom. The van der Waals surface area contributed by atoms with E-state index in [0.717, 1.165) is 28.9 Å². The molecule has 110 valence electrons. The summed E-state index contributed by atoms with van der Waals surface area (Å²) in [5.74, 6) is 0.818. The molecule has 0 saturated carbocycles. The minimum Gasteiger partial charge on any atom is -0.489 e. The minimum atomic E-state index is -0.128. The van der Waals surface area contributed by atoms with Gasteiger partial charge in [-0.05, 0) is 35.3 Å². The number of ether oxygens (including phenoxy) is 1. The standard InChI is InChI=1S/C18H19ClO2/c1-2-17(18(19)12-20)15-8-10-16(11-9-15)21-13-14-6-4-3-5-7-14/h3-11,20H,2,12-13H2,1H3/b18-17+. The van der Waals surface area contributed by atoms with E-state index >= 15 is 0 Å². The van der Waals surface area contributed by atoms with Gasteiger partial charge in [0.05, 0.1) is 6.61 Å². The van der Waals surface area contributed by atoms with Crippen molar-refractivity contribution >= 4 is 17.2 Å². The predicted molar refractivity (Wildman–Crippen MR) is 87.4 cm³/mol. The molecule has 2 nitrogen and oxygen atoms in total. The van der Waals surface area contributed by atoms with Crippen LogP contribution in [0.5, 0.6) is 5.75 Å². The second-order valence-electron chi connectivity index (χ2n) is 4.69. The average molecular weight is 303 g/mol. The molecule has 2 aromatic carbocycles. The van der Waals surface area contributed by atoms with Crippen molar-refractivity contribution in [3.05, 3.63) is 70.8 Å². The summed E-state index contributed by atoms with van der Waals surface area (Å²) in [6, 6.07) is 17.8. The Morgan fingerprint density at radius 1 is 1.05 bits per heavy atom. The van der Waals surface area contributed by atoms with Crippen molar-refractivity contribution in [2.75, 3.05) is 6.61 Å². The van der Waals surface area contributed by atoms with Crippen LogP contribution in [0.2, 0.25) is 0 Å². The molecule has 0 aliphatic heterocycles. The van der Waals surface area contributed by atoms with Crippen LogP contribution in [0.1, 0.15) is 24.5 Å². The normalized spacial score (nSPS) is 12.0. The van der Waals surface area contributed by atoms with Gasteiger partial charge in [0, 0.05) is 5.03 Å². The van der Waals surface area contributed by atoms with Crippen LogP contribution >= 0.6 is 11.6 Å². The minimum absolute atomic E-state index is 0.128. The Hall–Kier alpha value is -1.77. The summed E-state index contributed by atoms with van der Waals surface area (Å²) >= 11 is 6.05. The predicted octanol–water partition coefficient (Wildman–Crippen LogP) is 4.62. The highest BCUT2D eigenvalue weighted by molar-refractivity contribution is 6.32. The van der Waals surface area contributed by atoms with Crippen LogP contribution in [0.4, 0.5) is 0 Å².